The highest BCUT2D eigenvalue weighted by molar-refractivity contribution is 7.87. The van der Waals surface area contributed by atoms with E-state index >= 15 is 0 Å². The minimum atomic E-state index is -3.38. The lowest BCUT2D eigenvalue weighted by atomic mass is 9.94. The molecule has 3 atom stereocenters. The zero-order valence-electron chi connectivity index (χ0n) is 13.2. The molecule has 3 rings (SSSR count). The van der Waals surface area contributed by atoms with E-state index < -0.39 is 10.2 Å². The molecule has 1 saturated carbocycles. The van der Waals surface area contributed by atoms with Crippen LogP contribution >= 0.6 is 0 Å². The van der Waals surface area contributed by atoms with Gasteiger partial charge >= 0.3 is 0 Å². The molecule has 1 aromatic carbocycles. The van der Waals surface area contributed by atoms with Gasteiger partial charge in [-0.25, -0.2) is 4.72 Å². The van der Waals surface area contributed by atoms with Crippen molar-refractivity contribution in [1.82, 2.24) is 9.44 Å². The van der Waals surface area contributed by atoms with E-state index in [0.717, 1.165) is 38.5 Å². The smallest absolute Gasteiger partial charge is 0.202 e. The molecular formula is C17H26N2O2S. The van der Waals surface area contributed by atoms with Gasteiger partial charge in [0, 0.05) is 12.6 Å². The molecule has 0 saturated heterocycles. The van der Waals surface area contributed by atoms with Crippen LogP contribution in [0.25, 0.3) is 0 Å². The maximum absolute atomic E-state index is 12.3. The second-order valence-corrected chi connectivity index (χ2v) is 8.20. The van der Waals surface area contributed by atoms with Crippen molar-refractivity contribution in [3.63, 3.8) is 0 Å². The summed E-state index contributed by atoms with van der Waals surface area (Å²) in [5.41, 5.74) is 2.80. The quantitative estimate of drug-likeness (QED) is 0.790. The van der Waals surface area contributed by atoms with Gasteiger partial charge in [-0.2, -0.15) is 13.1 Å². The van der Waals surface area contributed by atoms with Crippen LogP contribution in [0.1, 0.15) is 43.7 Å². The molecule has 2 bridgehead atoms. The fourth-order valence-corrected chi connectivity index (χ4v) is 5.19. The number of hydrogen-bond acceptors (Lipinski definition) is 2. The fraction of sp³-hybridized carbons (Fsp3) is 0.647. The molecule has 1 aromatic rings. The van der Waals surface area contributed by atoms with Crippen molar-refractivity contribution in [2.24, 2.45) is 11.8 Å². The maximum Gasteiger partial charge on any atom is 0.277 e. The third kappa shape index (κ3) is 3.53. The van der Waals surface area contributed by atoms with Gasteiger partial charge in [-0.3, -0.25) is 0 Å². The van der Waals surface area contributed by atoms with Crippen LogP contribution in [0.3, 0.4) is 0 Å². The van der Waals surface area contributed by atoms with E-state index in [4.69, 9.17) is 0 Å². The average molecular weight is 322 g/mol. The molecule has 2 aliphatic carbocycles. The van der Waals surface area contributed by atoms with Gasteiger partial charge in [0.05, 0.1) is 0 Å². The lowest BCUT2D eigenvalue weighted by molar-refractivity contribution is 0.384. The van der Waals surface area contributed by atoms with Crippen molar-refractivity contribution in [2.45, 2.75) is 51.5 Å². The molecule has 0 heterocycles. The Kier molecular flexibility index (Phi) is 4.85. The SMILES string of the molecule is CCCCNS(=O)(=O)NC1[C@@H]2CC[C@H]1Cc1ccccc1C2. The predicted molar refractivity (Wildman–Crippen MR) is 88.8 cm³/mol. The molecule has 1 fully saturated rings. The highest BCUT2D eigenvalue weighted by atomic mass is 32.2. The molecule has 0 spiro atoms. The number of nitrogens with one attached hydrogen (secondary N) is 2. The van der Waals surface area contributed by atoms with Crippen LogP contribution in [0.4, 0.5) is 0 Å². The van der Waals surface area contributed by atoms with Crippen molar-refractivity contribution in [3.8, 4) is 0 Å². The van der Waals surface area contributed by atoms with E-state index in [0.29, 0.717) is 18.4 Å². The Balaban J connectivity index is 1.71. The van der Waals surface area contributed by atoms with Crippen LogP contribution in [-0.2, 0) is 23.1 Å². The number of hydrogen-bond donors (Lipinski definition) is 2. The third-order valence-electron chi connectivity index (χ3n) is 5.12. The number of unbranched alkanes of at least 4 members (excludes halogenated alkanes) is 1. The second-order valence-electron chi connectivity index (χ2n) is 6.67. The molecule has 22 heavy (non-hydrogen) atoms. The van der Waals surface area contributed by atoms with Gasteiger partial charge in [0.1, 0.15) is 0 Å². The van der Waals surface area contributed by atoms with Gasteiger partial charge in [-0.1, -0.05) is 37.6 Å². The molecule has 0 aliphatic heterocycles. The summed E-state index contributed by atoms with van der Waals surface area (Å²) in [6, 6.07) is 8.64. The van der Waals surface area contributed by atoms with E-state index in [9.17, 15) is 8.42 Å². The maximum atomic E-state index is 12.3. The highest BCUT2D eigenvalue weighted by Gasteiger charge is 2.40. The third-order valence-corrected chi connectivity index (χ3v) is 6.29. The molecule has 122 valence electrons. The number of rotatable bonds is 6. The fourth-order valence-electron chi connectivity index (χ4n) is 3.95. The number of benzene rings is 1. The van der Waals surface area contributed by atoms with E-state index in [1.807, 2.05) is 0 Å². The topological polar surface area (TPSA) is 58.2 Å². The Morgan fingerprint density at radius 3 is 2.23 bits per heavy atom. The van der Waals surface area contributed by atoms with Crippen LogP contribution in [0.5, 0.6) is 0 Å². The van der Waals surface area contributed by atoms with Gasteiger partial charge < -0.3 is 0 Å². The summed E-state index contributed by atoms with van der Waals surface area (Å²) in [5.74, 6) is 0.854. The molecule has 0 aromatic heterocycles. The Morgan fingerprint density at radius 2 is 1.68 bits per heavy atom. The normalized spacial score (nSPS) is 27.4. The van der Waals surface area contributed by atoms with Crippen molar-refractivity contribution in [2.75, 3.05) is 6.54 Å². The van der Waals surface area contributed by atoms with Crippen LogP contribution in [-0.4, -0.2) is 21.0 Å². The summed E-state index contributed by atoms with van der Waals surface area (Å²) in [6.45, 7) is 2.58. The second kappa shape index (κ2) is 6.69. The van der Waals surface area contributed by atoms with E-state index in [-0.39, 0.29) is 6.04 Å². The van der Waals surface area contributed by atoms with E-state index in [2.05, 4.69) is 40.6 Å². The van der Waals surface area contributed by atoms with Crippen LogP contribution < -0.4 is 9.44 Å². The molecule has 2 N–H and O–H groups in total. The van der Waals surface area contributed by atoms with E-state index in [1.54, 1.807) is 0 Å². The van der Waals surface area contributed by atoms with Crippen molar-refractivity contribution >= 4 is 10.2 Å². The van der Waals surface area contributed by atoms with Gasteiger partial charge in [0.15, 0.2) is 0 Å². The highest BCUT2D eigenvalue weighted by Crippen LogP contribution is 2.40. The first kappa shape index (κ1) is 16.0. The summed E-state index contributed by atoms with van der Waals surface area (Å²) < 4.78 is 30.1. The molecule has 0 radical (unpaired) electrons. The van der Waals surface area contributed by atoms with Crippen LogP contribution in [0.15, 0.2) is 24.3 Å². The number of fused-ring (bicyclic) bond motifs is 3. The summed E-state index contributed by atoms with van der Waals surface area (Å²) >= 11 is 0. The summed E-state index contributed by atoms with van der Waals surface area (Å²) in [7, 11) is -3.38. The lowest BCUT2D eigenvalue weighted by Gasteiger charge is -2.23. The van der Waals surface area contributed by atoms with Crippen molar-refractivity contribution in [3.05, 3.63) is 35.4 Å². The Morgan fingerprint density at radius 1 is 1.09 bits per heavy atom. The van der Waals surface area contributed by atoms with Crippen molar-refractivity contribution in [1.29, 1.82) is 0 Å². The minimum absolute atomic E-state index is 0.0755. The first-order chi connectivity index (χ1) is 10.6. The molecule has 4 nitrogen and oxygen atoms in total. The Labute approximate surface area is 133 Å². The zero-order chi connectivity index (χ0) is 15.6. The van der Waals surface area contributed by atoms with Gasteiger partial charge in [-0.15, -0.1) is 0 Å². The lowest BCUT2D eigenvalue weighted by Crippen LogP contribution is -2.47. The first-order valence-corrected chi connectivity index (χ1v) is 9.91. The van der Waals surface area contributed by atoms with E-state index in [1.165, 1.54) is 11.1 Å². The predicted octanol–water partition coefficient (Wildman–Crippen LogP) is 2.40. The monoisotopic (exact) mass is 322 g/mol. The van der Waals surface area contributed by atoms with Gasteiger partial charge in [-0.05, 0) is 55.1 Å². The Hall–Kier alpha value is -0.910. The molecule has 5 heteroatoms. The zero-order valence-corrected chi connectivity index (χ0v) is 14.0. The minimum Gasteiger partial charge on any atom is -0.202 e. The average Bonchev–Trinajstić information content (AvgIpc) is 2.74. The van der Waals surface area contributed by atoms with Gasteiger partial charge in [0.2, 0.25) is 0 Å². The summed E-state index contributed by atoms with van der Waals surface area (Å²) in [5, 5.41) is 0. The first-order valence-electron chi connectivity index (χ1n) is 8.43. The summed E-state index contributed by atoms with van der Waals surface area (Å²) in [4.78, 5) is 0. The molecule has 2 aliphatic rings. The summed E-state index contributed by atoms with van der Waals surface area (Å²) in [6.07, 6.45) is 6.11. The largest absolute Gasteiger partial charge is 0.277 e. The molecule has 1 unspecified atom stereocenters. The standard InChI is InChI=1S/C17H26N2O2S/c1-2-3-10-18-22(20,21)19-17-15-8-9-16(17)12-14-7-5-4-6-13(14)11-15/h4-7,15-19H,2-3,8-12H2,1H3/t15-,16+,17?. The van der Waals surface area contributed by atoms with Crippen molar-refractivity contribution < 1.29 is 8.42 Å². The van der Waals surface area contributed by atoms with Gasteiger partial charge in [0.25, 0.3) is 10.2 Å². The Bertz CT molecular complexity index is 582. The van der Waals surface area contributed by atoms with Crippen LogP contribution in [0.2, 0.25) is 0 Å². The molecule has 0 amide bonds. The van der Waals surface area contributed by atoms with Crippen LogP contribution in [0, 0.1) is 11.8 Å². The molecular weight excluding hydrogens is 296 g/mol.